The summed E-state index contributed by atoms with van der Waals surface area (Å²) in [5, 5.41) is 6.59. The Labute approximate surface area is 216 Å². The molecule has 1 aromatic carbocycles. The van der Waals surface area contributed by atoms with E-state index in [0.29, 0.717) is 30.7 Å². The Hall–Kier alpha value is -3.08. The number of amides is 1. The first-order valence-electron chi connectivity index (χ1n) is 10.8. The van der Waals surface area contributed by atoms with Gasteiger partial charge in [-0.25, -0.2) is 13.8 Å². The number of fused-ring (bicyclic) bond motifs is 1. The van der Waals surface area contributed by atoms with Gasteiger partial charge in [-0.3, -0.25) is 9.20 Å². The molecule has 1 radical (unpaired) electrons. The fraction of sp³-hybridized carbons (Fsp3) is 0.250. The molecule has 0 spiro atoms. The largest absolute Gasteiger partial charge is 2.00 e. The summed E-state index contributed by atoms with van der Waals surface area (Å²) in [7, 11) is 0. The van der Waals surface area contributed by atoms with Crippen LogP contribution in [0.4, 0.5) is 20.2 Å². The smallest absolute Gasteiger partial charge is 0.431 e. The number of anilines is 2. The molecule has 1 saturated carbocycles. The van der Waals surface area contributed by atoms with Crippen LogP contribution in [0.1, 0.15) is 34.3 Å². The van der Waals surface area contributed by atoms with Gasteiger partial charge < -0.3 is 28.6 Å². The Morgan fingerprint density at radius 3 is 2.74 bits per heavy atom. The summed E-state index contributed by atoms with van der Waals surface area (Å²) in [5.41, 5.74) is 2.58. The van der Waals surface area contributed by atoms with Crippen molar-refractivity contribution in [3.63, 3.8) is 0 Å². The Morgan fingerprint density at radius 1 is 1.31 bits per heavy atom. The van der Waals surface area contributed by atoms with E-state index in [2.05, 4.69) is 34.3 Å². The molecule has 3 heterocycles. The quantitative estimate of drug-likeness (QED) is 0.268. The molecule has 0 bridgehead atoms. The minimum Gasteiger partial charge on any atom is -0.431 e. The number of nitrogens with one attached hydrogen (secondary N) is 1. The molecular weight excluding hydrogens is 535 g/mol. The van der Waals surface area contributed by atoms with E-state index in [0.717, 1.165) is 5.69 Å². The van der Waals surface area contributed by atoms with E-state index in [1.807, 2.05) is 17.0 Å². The molecule has 2 atom stereocenters. The number of imidazole rings is 1. The third kappa shape index (κ3) is 4.73. The van der Waals surface area contributed by atoms with Gasteiger partial charge in [-0.1, -0.05) is 5.16 Å². The van der Waals surface area contributed by atoms with Crippen LogP contribution in [0.2, 0.25) is 0 Å². The second-order valence-corrected chi connectivity index (χ2v) is 8.14. The molecule has 8 nitrogen and oxygen atoms in total. The maximum absolute atomic E-state index is 14.7. The van der Waals surface area contributed by atoms with Crippen LogP contribution >= 0.6 is 0 Å². The number of nitrogens with zero attached hydrogens (tertiary/aromatic N) is 5. The van der Waals surface area contributed by atoms with Crippen molar-refractivity contribution in [2.75, 3.05) is 23.3 Å². The van der Waals surface area contributed by atoms with E-state index in [9.17, 15) is 13.6 Å². The monoisotopic (exact) mass is 557 g/mol. The van der Waals surface area contributed by atoms with Crippen molar-refractivity contribution in [3.8, 4) is 11.4 Å². The molecule has 179 valence electrons. The van der Waals surface area contributed by atoms with E-state index >= 15 is 0 Å². The van der Waals surface area contributed by atoms with Crippen molar-refractivity contribution < 1.29 is 40.5 Å². The van der Waals surface area contributed by atoms with Gasteiger partial charge in [0.2, 0.25) is 11.7 Å². The molecule has 1 aliphatic rings. The Morgan fingerprint density at radius 2 is 2.06 bits per heavy atom. The Bertz CT molecular complexity index is 1380. The van der Waals surface area contributed by atoms with Crippen LogP contribution < -0.4 is 10.2 Å². The Balaban J connectivity index is 0.00000289. The second-order valence-electron chi connectivity index (χ2n) is 8.14. The van der Waals surface area contributed by atoms with Crippen LogP contribution in [-0.4, -0.2) is 44.7 Å². The van der Waals surface area contributed by atoms with Gasteiger partial charge in [-0.15, -0.1) is 13.1 Å². The molecule has 1 N–H and O–H groups in total. The van der Waals surface area contributed by atoms with Crippen LogP contribution in [0.25, 0.3) is 17.0 Å². The van der Waals surface area contributed by atoms with Crippen molar-refractivity contribution >= 4 is 22.9 Å². The molecule has 35 heavy (non-hydrogen) atoms. The third-order valence-electron chi connectivity index (χ3n) is 5.96. The number of carbonyl (C=O) groups is 1. The molecule has 4 aromatic rings. The van der Waals surface area contributed by atoms with Crippen molar-refractivity contribution in [1.82, 2.24) is 19.5 Å². The normalized spacial score (nSPS) is 16.7. The summed E-state index contributed by atoms with van der Waals surface area (Å²) in [6, 6.07) is 6.51. The topological polar surface area (TPSA) is 88.6 Å². The number of halogens is 2. The molecule has 3 aromatic heterocycles. The Kier molecular flexibility index (Phi) is 7.07. The van der Waals surface area contributed by atoms with E-state index in [1.54, 1.807) is 23.6 Å². The van der Waals surface area contributed by atoms with E-state index in [-0.39, 0.29) is 51.0 Å². The van der Waals surface area contributed by atoms with Gasteiger partial charge in [-0.2, -0.15) is 4.98 Å². The van der Waals surface area contributed by atoms with Gasteiger partial charge in [0.1, 0.15) is 23.3 Å². The maximum atomic E-state index is 14.7. The van der Waals surface area contributed by atoms with Crippen LogP contribution in [0.3, 0.4) is 0 Å². The minimum atomic E-state index is -0.986. The average Bonchev–Trinajstić information content (AvgIpc) is 3.22. The average molecular weight is 557 g/mol. The molecule has 0 saturated heterocycles. The first kappa shape index (κ1) is 25.0. The summed E-state index contributed by atoms with van der Waals surface area (Å²) in [6.07, 6.45) is 2.55. The SMILES string of the molecule is [CH2-]CN(C[CH2-])c1ccn2c(C(=O)Nc3cc(-c4noc([C@H]5C[C@@H]5F)n4)cc(F)c3C)cnc2c1.[Nb+2]. The van der Waals surface area contributed by atoms with Gasteiger partial charge in [0.15, 0.2) is 0 Å². The van der Waals surface area contributed by atoms with Crippen molar-refractivity contribution in [2.45, 2.75) is 25.4 Å². The maximum Gasteiger partial charge on any atom is 2.00 e. The third-order valence-corrected chi connectivity index (χ3v) is 5.96. The van der Waals surface area contributed by atoms with Crippen molar-refractivity contribution in [3.05, 3.63) is 73.5 Å². The van der Waals surface area contributed by atoms with Gasteiger partial charge in [0, 0.05) is 34.8 Å². The van der Waals surface area contributed by atoms with Gasteiger partial charge >= 0.3 is 22.4 Å². The number of rotatable bonds is 7. The first-order chi connectivity index (χ1) is 16.4. The fourth-order valence-corrected chi connectivity index (χ4v) is 3.75. The molecule has 5 rings (SSSR count). The molecule has 0 aliphatic heterocycles. The van der Waals surface area contributed by atoms with Crippen LogP contribution in [0.5, 0.6) is 0 Å². The predicted molar refractivity (Wildman–Crippen MR) is 123 cm³/mol. The zero-order chi connectivity index (χ0) is 24.0. The number of carbonyl (C=O) groups excluding carboxylic acids is 1. The number of aromatic nitrogens is 4. The molecule has 1 fully saturated rings. The molecule has 11 heteroatoms. The zero-order valence-electron chi connectivity index (χ0n) is 18.9. The predicted octanol–water partition coefficient (Wildman–Crippen LogP) is 4.38. The van der Waals surface area contributed by atoms with E-state index < -0.39 is 23.8 Å². The molecule has 1 amide bonds. The van der Waals surface area contributed by atoms with Crippen LogP contribution in [0, 0.1) is 26.6 Å². The number of pyridine rings is 1. The van der Waals surface area contributed by atoms with Gasteiger partial charge in [-0.05, 0) is 31.5 Å². The van der Waals surface area contributed by atoms with E-state index in [1.165, 1.54) is 12.3 Å². The number of hydrogen-bond acceptors (Lipinski definition) is 6. The molecule has 1 aliphatic carbocycles. The fourth-order valence-electron chi connectivity index (χ4n) is 3.75. The van der Waals surface area contributed by atoms with Gasteiger partial charge in [0.25, 0.3) is 5.91 Å². The van der Waals surface area contributed by atoms with Crippen LogP contribution in [-0.2, 0) is 22.4 Å². The molecular formula is C24H22F2N6NbO2. The van der Waals surface area contributed by atoms with E-state index in [4.69, 9.17) is 4.52 Å². The van der Waals surface area contributed by atoms with Crippen molar-refractivity contribution in [2.24, 2.45) is 0 Å². The number of benzene rings is 1. The minimum absolute atomic E-state index is 0. The summed E-state index contributed by atoms with van der Waals surface area (Å²) in [6.45, 7) is 10.4. The molecule has 0 unspecified atom stereocenters. The first-order valence-corrected chi connectivity index (χ1v) is 10.8. The van der Waals surface area contributed by atoms with Gasteiger partial charge in [0.05, 0.1) is 12.1 Å². The number of hydrogen-bond donors (Lipinski definition) is 1. The number of alkyl halides is 1. The second kappa shape index (κ2) is 9.88. The van der Waals surface area contributed by atoms with Crippen molar-refractivity contribution in [1.29, 1.82) is 0 Å². The summed E-state index contributed by atoms with van der Waals surface area (Å²) < 4.78 is 34.7. The van der Waals surface area contributed by atoms with Crippen LogP contribution in [0.15, 0.2) is 41.2 Å². The summed E-state index contributed by atoms with van der Waals surface area (Å²) in [4.78, 5) is 23.5. The zero-order valence-corrected chi connectivity index (χ0v) is 21.1. The standard InChI is InChI=1S/C24H22F2N6O2.Nb/c1-4-31(5-2)15-6-7-32-20(12-27-21(32)10-15)23(33)28-19-9-14(8-17(25)13(19)3)22-29-24(34-30-22)16-11-18(16)26;/h6-10,12,16,18H,1-2,4-5,11H2,3H3,(H,28,33);/q-2;+2/t16-,18-;/m0./s1. The summed E-state index contributed by atoms with van der Waals surface area (Å²) >= 11 is 0. The summed E-state index contributed by atoms with van der Waals surface area (Å²) in [5.74, 6) is -1.08.